The Labute approximate surface area is 372 Å². The van der Waals surface area contributed by atoms with E-state index in [4.69, 9.17) is 4.42 Å². The first kappa shape index (κ1) is 42.3. The van der Waals surface area contributed by atoms with Gasteiger partial charge < -0.3 is 4.42 Å². The second-order valence-corrected chi connectivity index (χ2v) is 17.2. The fourth-order valence-corrected chi connectivity index (χ4v) is 9.17. The molecule has 1 aliphatic heterocycles. The Balaban J connectivity index is 0.000000114. The van der Waals surface area contributed by atoms with Crippen LogP contribution in [0, 0.1) is 6.92 Å². The van der Waals surface area contributed by atoms with Crippen molar-refractivity contribution in [3.8, 4) is 11.1 Å². The van der Waals surface area contributed by atoms with E-state index in [1.54, 1.807) is 0 Å². The summed E-state index contributed by atoms with van der Waals surface area (Å²) in [6.45, 7) is 10.9. The summed E-state index contributed by atoms with van der Waals surface area (Å²) in [5.41, 5.74) is 14.4. The highest BCUT2D eigenvalue weighted by atomic mass is 32.2. The lowest BCUT2D eigenvalue weighted by Gasteiger charge is -2.19. The maximum absolute atomic E-state index is 5.79. The van der Waals surface area contributed by atoms with Crippen LogP contribution in [0.1, 0.15) is 66.6 Å². The van der Waals surface area contributed by atoms with Crippen LogP contribution in [0.15, 0.2) is 202 Å². The maximum atomic E-state index is 5.79. The molecule has 0 bridgehead atoms. The van der Waals surface area contributed by atoms with E-state index < -0.39 is 0 Å². The van der Waals surface area contributed by atoms with Gasteiger partial charge >= 0.3 is 0 Å². The van der Waals surface area contributed by atoms with Crippen molar-refractivity contribution in [3.63, 3.8) is 0 Å². The van der Waals surface area contributed by atoms with E-state index >= 15 is 0 Å². The lowest BCUT2D eigenvalue weighted by Crippen LogP contribution is -2.00. The van der Waals surface area contributed by atoms with Gasteiger partial charge in [0.1, 0.15) is 11.2 Å². The van der Waals surface area contributed by atoms with E-state index in [0.29, 0.717) is 0 Å². The smallest absolute Gasteiger partial charge is 0.135 e. The molecule has 308 valence electrons. The molecular formula is C60H56OS. The first-order chi connectivity index (χ1) is 30.4. The van der Waals surface area contributed by atoms with Crippen LogP contribution in [0.3, 0.4) is 0 Å². The first-order valence-corrected chi connectivity index (χ1v) is 23.1. The quantitative estimate of drug-likeness (QED) is 0.160. The summed E-state index contributed by atoms with van der Waals surface area (Å²) in [4.78, 5) is 2.84. The average Bonchev–Trinajstić information content (AvgIpc) is 3.71. The van der Waals surface area contributed by atoms with E-state index in [1.807, 2.05) is 30.0 Å². The predicted molar refractivity (Wildman–Crippen MR) is 269 cm³/mol. The SMILES string of the molecule is CCc1ccc(-c2ccc(C)cc2)cc1.CCc1ccc2c(c1)Cc1ccccc1S2.CCc1ccc2c(c1)oc1ccccc12.CCc1ccc2c(ccc3ccccc32)c1. The number of para-hydroxylation sites is 1. The van der Waals surface area contributed by atoms with Gasteiger partial charge in [0.25, 0.3) is 0 Å². The molecule has 62 heavy (non-hydrogen) atoms. The number of hydrogen-bond donors (Lipinski definition) is 0. The van der Waals surface area contributed by atoms with Gasteiger partial charge in [0.2, 0.25) is 0 Å². The van der Waals surface area contributed by atoms with Crippen LogP contribution < -0.4 is 0 Å². The molecule has 0 saturated carbocycles. The third kappa shape index (κ3) is 9.89. The van der Waals surface area contributed by atoms with Gasteiger partial charge in [-0.2, -0.15) is 0 Å². The van der Waals surface area contributed by atoms with Crippen molar-refractivity contribution >= 4 is 55.2 Å². The third-order valence-electron chi connectivity index (χ3n) is 11.9. The van der Waals surface area contributed by atoms with Crippen molar-refractivity contribution in [2.45, 2.75) is 76.5 Å². The maximum Gasteiger partial charge on any atom is 0.135 e. The van der Waals surface area contributed by atoms with Gasteiger partial charge in [-0.25, -0.2) is 0 Å². The molecule has 0 radical (unpaired) electrons. The Morgan fingerprint density at radius 1 is 0.387 bits per heavy atom. The molecule has 11 rings (SSSR count). The Hall–Kier alpha value is -6.35. The number of hydrogen-bond acceptors (Lipinski definition) is 2. The van der Waals surface area contributed by atoms with Crippen molar-refractivity contribution in [1.29, 1.82) is 0 Å². The fourth-order valence-electron chi connectivity index (χ4n) is 8.12. The summed E-state index contributed by atoms with van der Waals surface area (Å²) in [6.07, 6.45) is 5.47. The first-order valence-electron chi connectivity index (χ1n) is 22.3. The van der Waals surface area contributed by atoms with Crippen molar-refractivity contribution in [3.05, 3.63) is 227 Å². The van der Waals surface area contributed by atoms with Gasteiger partial charge in [-0.05, 0) is 129 Å². The van der Waals surface area contributed by atoms with Crippen LogP contribution in [-0.4, -0.2) is 0 Å². The summed E-state index contributed by atoms with van der Waals surface area (Å²) in [6, 6.07) is 67.5. The van der Waals surface area contributed by atoms with E-state index in [1.165, 1.54) is 92.2 Å². The van der Waals surface area contributed by atoms with Crippen LogP contribution >= 0.6 is 11.8 Å². The van der Waals surface area contributed by atoms with Crippen LogP contribution in [0.4, 0.5) is 0 Å². The molecule has 0 fully saturated rings. The molecule has 0 unspecified atom stereocenters. The zero-order valence-corrected chi connectivity index (χ0v) is 37.6. The van der Waals surface area contributed by atoms with E-state index in [9.17, 15) is 0 Å². The molecule has 2 heteroatoms. The van der Waals surface area contributed by atoms with E-state index in [-0.39, 0.29) is 0 Å². The molecule has 0 aliphatic carbocycles. The van der Waals surface area contributed by atoms with Crippen molar-refractivity contribution in [2.75, 3.05) is 0 Å². The minimum absolute atomic E-state index is 0.973. The molecule has 0 saturated heterocycles. The number of benzene rings is 9. The number of furan rings is 1. The summed E-state index contributed by atoms with van der Waals surface area (Å²) in [5.74, 6) is 0. The second-order valence-electron chi connectivity index (χ2n) is 16.1. The molecule has 0 atom stereocenters. The Morgan fingerprint density at radius 2 is 0.903 bits per heavy atom. The lowest BCUT2D eigenvalue weighted by molar-refractivity contribution is 0.668. The van der Waals surface area contributed by atoms with Crippen LogP contribution in [-0.2, 0) is 32.1 Å². The largest absolute Gasteiger partial charge is 0.456 e. The highest BCUT2D eigenvalue weighted by molar-refractivity contribution is 7.99. The summed E-state index contributed by atoms with van der Waals surface area (Å²) < 4.78 is 5.79. The predicted octanol–water partition coefficient (Wildman–Crippen LogP) is 17.2. The van der Waals surface area contributed by atoms with Crippen LogP contribution in [0.25, 0.3) is 54.6 Å². The topological polar surface area (TPSA) is 13.1 Å². The molecule has 1 nitrogen and oxygen atoms in total. The zero-order chi connectivity index (χ0) is 42.8. The Morgan fingerprint density at radius 3 is 1.65 bits per heavy atom. The van der Waals surface area contributed by atoms with Crippen molar-refractivity contribution in [1.82, 2.24) is 0 Å². The Bertz CT molecular complexity index is 3060. The number of aryl methyl sites for hydroxylation is 5. The summed E-state index contributed by atoms with van der Waals surface area (Å²) in [5, 5.41) is 7.79. The van der Waals surface area contributed by atoms with Gasteiger partial charge in [0.05, 0.1) is 0 Å². The van der Waals surface area contributed by atoms with Crippen LogP contribution in [0.2, 0.25) is 0 Å². The number of fused-ring (bicyclic) bond motifs is 8. The second kappa shape index (κ2) is 20.0. The monoisotopic (exact) mass is 824 g/mol. The molecule has 9 aromatic carbocycles. The summed E-state index contributed by atoms with van der Waals surface area (Å²) >= 11 is 1.90. The van der Waals surface area contributed by atoms with E-state index in [0.717, 1.165) is 43.3 Å². The molecule has 1 aliphatic rings. The lowest BCUT2D eigenvalue weighted by atomic mass is 10.00. The van der Waals surface area contributed by atoms with Gasteiger partial charge in [0.15, 0.2) is 0 Å². The molecule has 0 N–H and O–H groups in total. The van der Waals surface area contributed by atoms with Gasteiger partial charge in [0, 0.05) is 20.6 Å². The third-order valence-corrected chi connectivity index (χ3v) is 13.2. The van der Waals surface area contributed by atoms with Crippen LogP contribution in [0.5, 0.6) is 0 Å². The van der Waals surface area contributed by atoms with Crippen molar-refractivity contribution in [2.24, 2.45) is 0 Å². The number of rotatable bonds is 5. The highest BCUT2D eigenvalue weighted by Crippen LogP contribution is 2.39. The molecule has 2 heterocycles. The molecular weight excluding hydrogens is 769 g/mol. The molecule has 1 aromatic heterocycles. The fraction of sp³-hybridized carbons (Fsp3) is 0.167. The van der Waals surface area contributed by atoms with Gasteiger partial charge in [-0.15, -0.1) is 0 Å². The van der Waals surface area contributed by atoms with Crippen molar-refractivity contribution < 1.29 is 4.42 Å². The standard InChI is InChI=1S/C16H14.C15H14S.C15H16.C14H12O/c1-2-12-7-10-16-14(11-12)9-8-13-5-3-4-6-15(13)16;1-2-11-7-8-15-13(9-11)10-12-5-3-4-6-14(12)16-15;1-3-13-6-10-15(11-7-13)14-8-4-12(2)5-9-14;1-2-10-7-8-12-11-5-3-4-6-13(11)15-14(12)9-10/h3-11H,2H2,1H3;3-9H,2,10H2,1H3;4-11H,3H2,1-2H3;3-9H,2H2,1H3. The molecule has 0 amide bonds. The average molecular weight is 825 g/mol. The van der Waals surface area contributed by atoms with Gasteiger partial charge in [-0.3, -0.25) is 0 Å². The Kier molecular flexibility index (Phi) is 13.7. The normalized spacial score (nSPS) is 11.4. The zero-order valence-electron chi connectivity index (χ0n) is 36.7. The summed E-state index contributed by atoms with van der Waals surface area (Å²) in [7, 11) is 0. The van der Waals surface area contributed by atoms with Gasteiger partial charge in [-0.1, -0.05) is 209 Å². The minimum Gasteiger partial charge on any atom is -0.456 e. The highest BCUT2D eigenvalue weighted by Gasteiger charge is 2.15. The molecule has 0 spiro atoms. The minimum atomic E-state index is 0.973. The van der Waals surface area contributed by atoms with E-state index in [2.05, 4.69) is 204 Å². The molecule has 10 aromatic rings.